The summed E-state index contributed by atoms with van der Waals surface area (Å²) in [5.74, 6) is 1.43. The Hall–Kier alpha value is -2.36. The van der Waals surface area contributed by atoms with Crippen molar-refractivity contribution in [2.45, 2.75) is 32.2 Å². The van der Waals surface area contributed by atoms with Crippen molar-refractivity contribution in [2.24, 2.45) is 4.99 Å². The fourth-order valence-corrected chi connectivity index (χ4v) is 3.18. The van der Waals surface area contributed by atoms with Crippen molar-refractivity contribution in [2.75, 3.05) is 12.8 Å². The predicted octanol–water partition coefficient (Wildman–Crippen LogP) is 3.42. The fraction of sp³-hybridized carbons (Fsp3) is 0.333. The van der Waals surface area contributed by atoms with Gasteiger partial charge in [-0.1, -0.05) is 12.1 Å². The summed E-state index contributed by atoms with van der Waals surface area (Å²) in [5, 5.41) is 0. The molecule has 1 aliphatic carbocycles. The standard InChI is InChI=1S/C18H21N3O/c1-20-11-15-17(12-7-9-13(22-2)10-8-12)14-5-3-4-6-16(14)21-18(15)19/h7-10H,1,3-6,11H2,2H3,(H2,19,21). The first-order valence-corrected chi connectivity index (χ1v) is 7.61. The smallest absolute Gasteiger partial charge is 0.129 e. The van der Waals surface area contributed by atoms with Crippen molar-refractivity contribution in [1.29, 1.82) is 0 Å². The van der Waals surface area contributed by atoms with Gasteiger partial charge in [-0.2, -0.15) is 0 Å². The molecule has 0 aliphatic heterocycles. The van der Waals surface area contributed by atoms with Gasteiger partial charge in [0.15, 0.2) is 0 Å². The van der Waals surface area contributed by atoms with Crippen molar-refractivity contribution >= 4 is 12.5 Å². The summed E-state index contributed by atoms with van der Waals surface area (Å²) in [4.78, 5) is 8.66. The van der Waals surface area contributed by atoms with E-state index in [1.54, 1.807) is 7.11 Å². The Bertz CT molecular complexity index is 692. The molecular formula is C18H21N3O. The van der Waals surface area contributed by atoms with Crippen LogP contribution in [0.1, 0.15) is 29.7 Å². The highest BCUT2D eigenvalue weighted by Crippen LogP contribution is 2.37. The number of nitrogens with zero attached hydrogens (tertiary/aromatic N) is 2. The van der Waals surface area contributed by atoms with E-state index in [2.05, 4.69) is 28.8 Å². The number of nitrogens with two attached hydrogens (primary N) is 1. The van der Waals surface area contributed by atoms with Crippen LogP contribution in [0, 0.1) is 0 Å². The fourth-order valence-electron chi connectivity index (χ4n) is 3.18. The second-order valence-corrected chi connectivity index (χ2v) is 5.59. The largest absolute Gasteiger partial charge is 0.497 e. The minimum absolute atomic E-state index is 0.494. The number of aryl methyl sites for hydroxylation is 1. The zero-order chi connectivity index (χ0) is 15.5. The number of aliphatic imine (C=N–C) groups is 1. The predicted molar refractivity (Wildman–Crippen MR) is 90.5 cm³/mol. The summed E-state index contributed by atoms with van der Waals surface area (Å²) in [5.41, 5.74) is 12.0. The van der Waals surface area contributed by atoms with Crippen LogP contribution in [0.5, 0.6) is 5.75 Å². The number of benzene rings is 1. The van der Waals surface area contributed by atoms with Gasteiger partial charge in [0.2, 0.25) is 0 Å². The SMILES string of the molecule is C=NCc1c(N)nc2c(c1-c1ccc(OC)cc1)CCCC2. The van der Waals surface area contributed by atoms with Crippen LogP contribution in [0.2, 0.25) is 0 Å². The molecule has 0 spiro atoms. The molecule has 22 heavy (non-hydrogen) atoms. The summed E-state index contributed by atoms with van der Waals surface area (Å²) in [6.45, 7) is 4.11. The number of ether oxygens (including phenoxy) is 1. The number of rotatable bonds is 4. The van der Waals surface area contributed by atoms with Gasteiger partial charge in [0, 0.05) is 11.3 Å². The maximum absolute atomic E-state index is 6.20. The van der Waals surface area contributed by atoms with Gasteiger partial charge in [0.25, 0.3) is 0 Å². The highest BCUT2D eigenvalue weighted by molar-refractivity contribution is 5.76. The second-order valence-electron chi connectivity index (χ2n) is 5.59. The molecule has 0 saturated carbocycles. The van der Waals surface area contributed by atoms with Gasteiger partial charge in [0.05, 0.1) is 13.7 Å². The van der Waals surface area contributed by atoms with Crippen LogP contribution in [-0.4, -0.2) is 18.8 Å². The molecule has 0 unspecified atom stereocenters. The molecule has 114 valence electrons. The first-order valence-electron chi connectivity index (χ1n) is 7.61. The zero-order valence-corrected chi connectivity index (χ0v) is 12.9. The summed E-state index contributed by atoms with van der Waals surface area (Å²) in [7, 11) is 1.67. The Morgan fingerprint density at radius 1 is 1.23 bits per heavy atom. The van der Waals surface area contributed by atoms with Crippen molar-refractivity contribution in [3.8, 4) is 16.9 Å². The summed E-state index contributed by atoms with van der Waals surface area (Å²) < 4.78 is 5.25. The number of aromatic nitrogens is 1. The van der Waals surface area contributed by atoms with E-state index in [1.165, 1.54) is 24.0 Å². The molecule has 4 heteroatoms. The summed E-state index contributed by atoms with van der Waals surface area (Å²) in [6.07, 6.45) is 4.43. The number of nitrogen functional groups attached to an aromatic ring is 1. The molecule has 0 amide bonds. The molecule has 0 saturated heterocycles. The molecule has 1 aromatic heterocycles. The molecule has 2 aromatic rings. The first-order chi connectivity index (χ1) is 10.7. The summed E-state index contributed by atoms with van der Waals surface area (Å²) in [6, 6.07) is 8.11. The van der Waals surface area contributed by atoms with Gasteiger partial charge in [-0.05, 0) is 61.2 Å². The highest BCUT2D eigenvalue weighted by Gasteiger charge is 2.21. The lowest BCUT2D eigenvalue weighted by Gasteiger charge is -2.22. The molecule has 4 nitrogen and oxygen atoms in total. The molecule has 1 heterocycles. The number of pyridine rings is 1. The molecule has 0 fully saturated rings. The van der Waals surface area contributed by atoms with E-state index in [9.17, 15) is 0 Å². The highest BCUT2D eigenvalue weighted by atomic mass is 16.5. The van der Waals surface area contributed by atoms with Crippen LogP contribution in [0.15, 0.2) is 29.3 Å². The normalized spacial score (nSPS) is 13.5. The molecule has 1 aromatic carbocycles. The van der Waals surface area contributed by atoms with Crippen LogP contribution < -0.4 is 10.5 Å². The first kappa shape index (κ1) is 14.6. The van der Waals surface area contributed by atoms with Gasteiger partial charge < -0.3 is 10.5 Å². The van der Waals surface area contributed by atoms with Gasteiger partial charge in [0.1, 0.15) is 11.6 Å². The lowest BCUT2D eigenvalue weighted by molar-refractivity contribution is 0.415. The number of hydrogen-bond donors (Lipinski definition) is 1. The van der Waals surface area contributed by atoms with E-state index in [0.717, 1.165) is 35.4 Å². The van der Waals surface area contributed by atoms with E-state index in [-0.39, 0.29) is 0 Å². The summed E-state index contributed by atoms with van der Waals surface area (Å²) >= 11 is 0. The van der Waals surface area contributed by atoms with Gasteiger partial charge >= 0.3 is 0 Å². The lowest BCUT2D eigenvalue weighted by Crippen LogP contribution is -2.12. The molecule has 3 rings (SSSR count). The molecule has 0 atom stereocenters. The van der Waals surface area contributed by atoms with Crippen molar-refractivity contribution in [3.05, 3.63) is 41.1 Å². The van der Waals surface area contributed by atoms with Crippen LogP contribution in [0.4, 0.5) is 5.82 Å². The minimum atomic E-state index is 0.494. The quantitative estimate of drug-likeness (QED) is 0.879. The maximum Gasteiger partial charge on any atom is 0.129 e. The van der Waals surface area contributed by atoms with E-state index in [4.69, 9.17) is 10.5 Å². The molecule has 1 aliphatic rings. The van der Waals surface area contributed by atoms with E-state index in [0.29, 0.717) is 12.4 Å². The molecule has 2 N–H and O–H groups in total. The maximum atomic E-state index is 6.20. The number of fused-ring (bicyclic) bond motifs is 1. The Labute approximate surface area is 131 Å². The van der Waals surface area contributed by atoms with Gasteiger partial charge in [-0.15, -0.1) is 0 Å². The van der Waals surface area contributed by atoms with E-state index in [1.807, 2.05) is 12.1 Å². The van der Waals surface area contributed by atoms with Crippen molar-refractivity contribution in [3.63, 3.8) is 0 Å². The van der Waals surface area contributed by atoms with E-state index >= 15 is 0 Å². The Morgan fingerprint density at radius 2 is 1.95 bits per heavy atom. The number of methoxy groups -OCH3 is 1. The van der Waals surface area contributed by atoms with Crippen molar-refractivity contribution < 1.29 is 4.74 Å². The van der Waals surface area contributed by atoms with Crippen molar-refractivity contribution in [1.82, 2.24) is 4.98 Å². The average Bonchev–Trinajstić information content (AvgIpc) is 2.56. The van der Waals surface area contributed by atoms with Gasteiger partial charge in [-0.3, -0.25) is 4.99 Å². The third kappa shape index (κ3) is 2.56. The Kier molecular flexibility index (Phi) is 4.09. The third-order valence-corrected chi connectivity index (χ3v) is 4.26. The molecule has 0 radical (unpaired) electrons. The Morgan fingerprint density at radius 3 is 2.64 bits per heavy atom. The number of hydrogen-bond acceptors (Lipinski definition) is 4. The van der Waals surface area contributed by atoms with Crippen LogP contribution in [0.3, 0.4) is 0 Å². The molecular weight excluding hydrogens is 274 g/mol. The van der Waals surface area contributed by atoms with Gasteiger partial charge in [-0.25, -0.2) is 4.98 Å². The van der Waals surface area contributed by atoms with Crippen LogP contribution >= 0.6 is 0 Å². The second kappa shape index (κ2) is 6.18. The third-order valence-electron chi connectivity index (χ3n) is 4.26. The average molecular weight is 295 g/mol. The van der Waals surface area contributed by atoms with Crippen LogP contribution in [-0.2, 0) is 19.4 Å². The van der Waals surface area contributed by atoms with E-state index < -0.39 is 0 Å². The van der Waals surface area contributed by atoms with Crippen LogP contribution in [0.25, 0.3) is 11.1 Å². The minimum Gasteiger partial charge on any atom is -0.497 e. The number of anilines is 1. The lowest BCUT2D eigenvalue weighted by atomic mass is 9.86. The monoisotopic (exact) mass is 295 g/mol. The Balaban J connectivity index is 2.21. The molecule has 0 bridgehead atoms. The zero-order valence-electron chi connectivity index (χ0n) is 12.9. The topological polar surface area (TPSA) is 60.5 Å².